The van der Waals surface area contributed by atoms with Crippen molar-refractivity contribution < 1.29 is 28.1 Å². The fourth-order valence-corrected chi connectivity index (χ4v) is 5.25. The van der Waals surface area contributed by atoms with E-state index in [-0.39, 0.29) is 11.7 Å². The van der Waals surface area contributed by atoms with Gasteiger partial charge in [0, 0.05) is 31.7 Å². The number of fused-ring (bicyclic) bond motifs is 1. The van der Waals surface area contributed by atoms with Crippen molar-refractivity contribution >= 4 is 32.6 Å². The Hall–Kier alpha value is -2.95. The van der Waals surface area contributed by atoms with Gasteiger partial charge in [0.25, 0.3) is 5.91 Å². The number of ether oxygens (including phenoxy) is 4. The third-order valence-electron chi connectivity index (χ3n) is 5.93. The number of hydrogen-bond donors (Lipinski definition) is 0. The van der Waals surface area contributed by atoms with Gasteiger partial charge in [0.15, 0.2) is 16.6 Å². The molecular formula is C27H34FN3O5S. The first kappa shape index (κ1) is 27.1. The number of hydrogen-bond acceptors (Lipinski definition) is 8. The number of nitrogens with zero attached hydrogens (tertiary/aromatic N) is 3. The van der Waals surface area contributed by atoms with E-state index in [4.69, 9.17) is 18.9 Å². The van der Waals surface area contributed by atoms with Crippen molar-refractivity contribution in [3.8, 4) is 17.2 Å². The van der Waals surface area contributed by atoms with E-state index < -0.39 is 0 Å². The maximum atomic E-state index is 14.0. The molecule has 1 fully saturated rings. The highest BCUT2D eigenvalue weighted by atomic mass is 32.1. The van der Waals surface area contributed by atoms with Crippen LogP contribution >= 0.6 is 11.3 Å². The summed E-state index contributed by atoms with van der Waals surface area (Å²) in [6.07, 6.45) is 0.754. The van der Waals surface area contributed by atoms with Gasteiger partial charge in [-0.25, -0.2) is 9.37 Å². The van der Waals surface area contributed by atoms with Crippen LogP contribution in [0.1, 0.15) is 37.6 Å². The first-order valence-electron chi connectivity index (χ1n) is 12.8. The zero-order valence-corrected chi connectivity index (χ0v) is 22.4. The van der Waals surface area contributed by atoms with Gasteiger partial charge in [0.05, 0.1) is 43.3 Å². The van der Waals surface area contributed by atoms with Crippen molar-refractivity contribution in [3.05, 3.63) is 41.7 Å². The average Bonchev–Trinajstić information content (AvgIpc) is 3.31. The van der Waals surface area contributed by atoms with Gasteiger partial charge in [-0.3, -0.25) is 14.6 Å². The maximum absolute atomic E-state index is 14.0. The second-order valence-corrected chi connectivity index (χ2v) is 9.48. The highest BCUT2D eigenvalue weighted by molar-refractivity contribution is 7.22. The maximum Gasteiger partial charge on any atom is 0.260 e. The van der Waals surface area contributed by atoms with Crippen LogP contribution in [0.2, 0.25) is 0 Å². The molecule has 37 heavy (non-hydrogen) atoms. The van der Waals surface area contributed by atoms with Crippen molar-refractivity contribution in [2.24, 2.45) is 0 Å². The highest BCUT2D eigenvalue weighted by Crippen LogP contribution is 2.40. The summed E-state index contributed by atoms with van der Waals surface area (Å²) in [6.45, 7) is 11.4. The van der Waals surface area contributed by atoms with E-state index in [9.17, 15) is 9.18 Å². The zero-order chi connectivity index (χ0) is 26.2. The second kappa shape index (κ2) is 13.0. The van der Waals surface area contributed by atoms with Crippen LogP contribution in [0, 0.1) is 5.82 Å². The van der Waals surface area contributed by atoms with Gasteiger partial charge in [-0.05, 0) is 57.5 Å². The van der Waals surface area contributed by atoms with Crippen molar-refractivity contribution in [1.82, 2.24) is 9.88 Å². The number of aromatic nitrogens is 1. The molecule has 2 aromatic carbocycles. The SMILES string of the molecule is CCOc1cc(C(=O)N(CCCN2CCOCC2)c2nc3ccc(F)cc3s2)cc(OCC)c1OCC. The lowest BCUT2D eigenvalue weighted by Gasteiger charge is -2.28. The van der Waals surface area contributed by atoms with Crippen LogP contribution in [0.15, 0.2) is 30.3 Å². The van der Waals surface area contributed by atoms with E-state index in [0.29, 0.717) is 64.5 Å². The first-order valence-corrected chi connectivity index (χ1v) is 13.6. The Bertz CT molecular complexity index is 1170. The summed E-state index contributed by atoms with van der Waals surface area (Å²) in [7, 11) is 0. The van der Waals surface area contributed by atoms with Crippen LogP contribution in [-0.2, 0) is 4.74 Å². The molecule has 2 heterocycles. The van der Waals surface area contributed by atoms with Crippen LogP contribution in [-0.4, -0.2) is 75.0 Å². The molecular weight excluding hydrogens is 497 g/mol. The standard InChI is InChI=1S/C27H34FN3O5S/c1-4-34-22-16-19(17-23(35-5-2)25(22)36-6-3)26(32)31(11-7-10-30-12-14-33-15-13-30)27-29-21-9-8-20(28)18-24(21)37-27/h8-9,16-18H,4-7,10-15H2,1-3H3. The number of halogens is 1. The molecule has 1 aliphatic rings. The molecule has 10 heteroatoms. The van der Waals surface area contributed by atoms with Crippen LogP contribution in [0.4, 0.5) is 9.52 Å². The summed E-state index contributed by atoms with van der Waals surface area (Å²) in [6, 6.07) is 7.86. The van der Waals surface area contributed by atoms with Gasteiger partial charge in [-0.1, -0.05) is 11.3 Å². The molecule has 0 atom stereocenters. The van der Waals surface area contributed by atoms with Gasteiger partial charge in [0.2, 0.25) is 5.75 Å². The Morgan fingerprint density at radius 1 is 1.05 bits per heavy atom. The Labute approximate surface area is 220 Å². The van der Waals surface area contributed by atoms with E-state index >= 15 is 0 Å². The van der Waals surface area contributed by atoms with E-state index in [0.717, 1.165) is 39.3 Å². The van der Waals surface area contributed by atoms with Gasteiger partial charge in [-0.15, -0.1) is 0 Å². The molecule has 1 amide bonds. The fourth-order valence-electron chi connectivity index (χ4n) is 4.23. The van der Waals surface area contributed by atoms with Crippen LogP contribution in [0.25, 0.3) is 10.2 Å². The van der Waals surface area contributed by atoms with Crippen molar-refractivity contribution in [2.45, 2.75) is 27.2 Å². The predicted octanol–water partition coefficient (Wildman–Crippen LogP) is 5.00. The van der Waals surface area contributed by atoms with E-state index in [1.807, 2.05) is 20.8 Å². The topological polar surface area (TPSA) is 73.4 Å². The number of benzene rings is 2. The van der Waals surface area contributed by atoms with Gasteiger partial charge < -0.3 is 18.9 Å². The number of amides is 1. The number of morpholine rings is 1. The molecule has 1 aromatic heterocycles. The number of anilines is 1. The summed E-state index contributed by atoms with van der Waals surface area (Å²) < 4.78 is 37.4. The average molecular weight is 532 g/mol. The minimum absolute atomic E-state index is 0.230. The van der Waals surface area contributed by atoms with E-state index in [2.05, 4.69) is 9.88 Å². The fraction of sp³-hybridized carbons (Fsp3) is 0.481. The minimum Gasteiger partial charge on any atom is -0.490 e. The normalized spacial score (nSPS) is 14.1. The summed E-state index contributed by atoms with van der Waals surface area (Å²) in [5.74, 6) is 0.835. The van der Waals surface area contributed by atoms with Crippen molar-refractivity contribution in [2.75, 3.05) is 64.1 Å². The number of carbonyl (C=O) groups excluding carboxylic acids is 1. The molecule has 1 aliphatic heterocycles. The van der Waals surface area contributed by atoms with Gasteiger partial charge in [0.1, 0.15) is 5.82 Å². The van der Waals surface area contributed by atoms with E-state index in [1.54, 1.807) is 23.1 Å². The van der Waals surface area contributed by atoms with E-state index in [1.165, 1.54) is 23.5 Å². The lowest BCUT2D eigenvalue weighted by Crippen LogP contribution is -2.39. The third-order valence-corrected chi connectivity index (χ3v) is 6.97. The molecule has 0 saturated carbocycles. The molecule has 0 bridgehead atoms. The smallest absolute Gasteiger partial charge is 0.260 e. The zero-order valence-electron chi connectivity index (χ0n) is 21.6. The Morgan fingerprint density at radius 2 is 1.73 bits per heavy atom. The lowest BCUT2D eigenvalue weighted by atomic mass is 10.1. The molecule has 0 aliphatic carbocycles. The molecule has 1 saturated heterocycles. The monoisotopic (exact) mass is 531 g/mol. The van der Waals surface area contributed by atoms with Crippen LogP contribution in [0.5, 0.6) is 17.2 Å². The van der Waals surface area contributed by atoms with Crippen molar-refractivity contribution in [1.29, 1.82) is 0 Å². The Balaban J connectivity index is 1.67. The molecule has 0 unspecified atom stereocenters. The Morgan fingerprint density at radius 3 is 2.38 bits per heavy atom. The molecule has 0 spiro atoms. The van der Waals surface area contributed by atoms with Crippen LogP contribution < -0.4 is 19.1 Å². The lowest BCUT2D eigenvalue weighted by molar-refractivity contribution is 0.0376. The summed E-state index contributed by atoms with van der Waals surface area (Å²) in [5, 5.41) is 0.525. The van der Waals surface area contributed by atoms with Gasteiger partial charge >= 0.3 is 0 Å². The largest absolute Gasteiger partial charge is 0.490 e. The number of rotatable bonds is 12. The number of thiazole rings is 1. The third kappa shape index (κ3) is 6.68. The molecule has 8 nitrogen and oxygen atoms in total. The first-order chi connectivity index (χ1) is 18.0. The predicted molar refractivity (Wildman–Crippen MR) is 143 cm³/mol. The molecule has 0 N–H and O–H groups in total. The minimum atomic E-state index is -0.331. The molecule has 4 rings (SSSR count). The van der Waals surface area contributed by atoms with Crippen molar-refractivity contribution in [3.63, 3.8) is 0 Å². The summed E-state index contributed by atoms with van der Waals surface area (Å²) >= 11 is 1.30. The van der Waals surface area contributed by atoms with Crippen LogP contribution in [0.3, 0.4) is 0 Å². The summed E-state index contributed by atoms with van der Waals surface area (Å²) in [4.78, 5) is 22.7. The molecule has 200 valence electrons. The molecule has 3 aromatic rings. The molecule has 0 radical (unpaired) electrons. The summed E-state index contributed by atoms with van der Waals surface area (Å²) in [5.41, 5.74) is 1.07. The quantitative estimate of drug-likeness (QED) is 0.326. The van der Waals surface area contributed by atoms with Gasteiger partial charge in [-0.2, -0.15) is 0 Å². The number of carbonyl (C=O) groups is 1. The second-order valence-electron chi connectivity index (χ2n) is 8.47. The Kier molecular flexibility index (Phi) is 9.54. The highest BCUT2D eigenvalue weighted by Gasteiger charge is 2.25.